The number of thiazole rings is 1. The van der Waals surface area contributed by atoms with Gasteiger partial charge in [0.15, 0.2) is 5.13 Å². The van der Waals surface area contributed by atoms with E-state index in [1.807, 2.05) is 42.5 Å². The Labute approximate surface area is 175 Å². The second-order valence-corrected chi connectivity index (χ2v) is 7.51. The van der Waals surface area contributed by atoms with Crippen molar-refractivity contribution in [2.24, 2.45) is 0 Å². The number of anilines is 1. The Morgan fingerprint density at radius 2 is 1.61 bits per heavy atom. The number of nitrogens with one attached hydrogen (secondary N) is 1. The quantitative estimate of drug-likeness (QED) is 0.445. The maximum absolute atomic E-state index is 12.4. The molecule has 0 radical (unpaired) electrons. The number of benzene rings is 2. The molecule has 28 heavy (non-hydrogen) atoms. The van der Waals surface area contributed by atoms with E-state index in [1.165, 1.54) is 29.9 Å². The minimum atomic E-state index is -0.390. The summed E-state index contributed by atoms with van der Waals surface area (Å²) in [5.41, 5.74) is 2.43. The Hall–Kier alpha value is -2.80. The largest absolute Gasteiger partial charge is 0.296 e. The molecule has 0 atom stereocenters. The highest BCUT2D eigenvalue weighted by Gasteiger charge is 2.20. The summed E-state index contributed by atoms with van der Waals surface area (Å²) in [6, 6.07) is 14.9. The van der Waals surface area contributed by atoms with Crippen molar-refractivity contribution in [3.8, 4) is 21.7 Å². The van der Waals surface area contributed by atoms with Crippen molar-refractivity contribution in [2.75, 3.05) is 5.32 Å². The summed E-state index contributed by atoms with van der Waals surface area (Å²) in [5, 5.41) is 4.35. The van der Waals surface area contributed by atoms with Crippen LogP contribution in [0.1, 0.15) is 10.5 Å². The maximum Gasteiger partial charge on any atom is 0.277 e. The molecular formula is C20H12Cl2N4OS. The highest BCUT2D eigenvalue weighted by Crippen LogP contribution is 2.43. The Kier molecular flexibility index (Phi) is 5.34. The Morgan fingerprint density at radius 1 is 0.929 bits per heavy atom. The number of hydrogen-bond donors (Lipinski definition) is 1. The minimum Gasteiger partial charge on any atom is -0.296 e. The number of hydrogen-bond acceptors (Lipinski definition) is 5. The molecule has 2 heterocycles. The van der Waals surface area contributed by atoms with E-state index in [9.17, 15) is 4.79 Å². The zero-order chi connectivity index (χ0) is 19.5. The van der Waals surface area contributed by atoms with Gasteiger partial charge in [-0.15, -0.1) is 0 Å². The summed E-state index contributed by atoms with van der Waals surface area (Å²) in [4.78, 5) is 25.8. The first-order valence-corrected chi connectivity index (χ1v) is 9.78. The SMILES string of the molecule is O=C(Nc1nc(-c2ccccc2Cl)c(-c2ccccc2Cl)s1)c1cnccn1. The van der Waals surface area contributed by atoms with Gasteiger partial charge >= 0.3 is 0 Å². The Balaban J connectivity index is 1.80. The fraction of sp³-hybridized carbons (Fsp3) is 0. The standard InChI is InChI=1S/C20H12Cl2N4OS/c21-14-7-3-1-5-12(14)17-18(13-6-2-4-8-15(13)22)28-20(25-17)26-19(27)16-11-23-9-10-24-16/h1-11H,(H,25,26,27). The molecule has 8 heteroatoms. The fourth-order valence-electron chi connectivity index (χ4n) is 2.61. The third-order valence-electron chi connectivity index (χ3n) is 3.89. The topological polar surface area (TPSA) is 67.8 Å². The average molecular weight is 427 g/mol. The normalized spacial score (nSPS) is 10.6. The van der Waals surface area contributed by atoms with E-state index in [1.54, 1.807) is 6.07 Å². The van der Waals surface area contributed by atoms with Crippen molar-refractivity contribution >= 4 is 45.6 Å². The van der Waals surface area contributed by atoms with E-state index in [-0.39, 0.29) is 5.69 Å². The van der Waals surface area contributed by atoms with Gasteiger partial charge in [-0.3, -0.25) is 15.1 Å². The lowest BCUT2D eigenvalue weighted by Crippen LogP contribution is -2.13. The van der Waals surface area contributed by atoms with Crippen LogP contribution in [0.3, 0.4) is 0 Å². The monoisotopic (exact) mass is 426 g/mol. The molecule has 1 N–H and O–H groups in total. The summed E-state index contributed by atoms with van der Waals surface area (Å²) in [6.45, 7) is 0. The third-order valence-corrected chi connectivity index (χ3v) is 5.55. The summed E-state index contributed by atoms with van der Waals surface area (Å²) in [5.74, 6) is -0.390. The van der Waals surface area contributed by atoms with Crippen molar-refractivity contribution in [1.29, 1.82) is 0 Å². The van der Waals surface area contributed by atoms with Crippen molar-refractivity contribution in [2.45, 2.75) is 0 Å². The predicted molar refractivity (Wildman–Crippen MR) is 113 cm³/mol. The van der Waals surface area contributed by atoms with Crippen LogP contribution in [0, 0.1) is 0 Å². The van der Waals surface area contributed by atoms with E-state index in [2.05, 4.69) is 20.3 Å². The van der Waals surface area contributed by atoms with E-state index in [4.69, 9.17) is 23.2 Å². The number of halogens is 2. The maximum atomic E-state index is 12.4. The second kappa shape index (κ2) is 8.06. The van der Waals surface area contributed by atoms with Crippen molar-refractivity contribution < 1.29 is 4.79 Å². The number of nitrogens with zero attached hydrogens (tertiary/aromatic N) is 3. The molecule has 4 rings (SSSR count). The fourth-order valence-corrected chi connectivity index (χ4v) is 4.14. The summed E-state index contributed by atoms with van der Waals surface area (Å²) >= 11 is 14.1. The van der Waals surface area contributed by atoms with Crippen LogP contribution in [-0.2, 0) is 0 Å². The molecule has 0 bridgehead atoms. The molecule has 5 nitrogen and oxygen atoms in total. The minimum absolute atomic E-state index is 0.205. The molecule has 1 amide bonds. The van der Waals surface area contributed by atoms with Gasteiger partial charge in [0.1, 0.15) is 5.69 Å². The van der Waals surface area contributed by atoms with Gasteiger partial charge in [0.25, 0.3) is 5.91 Å². The average Bonchev–Trinajstić information content (AvgIpc) is 3.12. The van der Waals surface area contributed by atoms with Gasteiger partial charge in [-0.1, -0.05) is 70.9 Å². The van der Waals surface area contributed by atoms with Crippen LogP contribution in [0.15, 0.2) is 67.1 Å². The van der Waals surface area contributed by atoms with Gasteiger partial charge in [0.05, 0.1) is 21.8 Å². The smallest absolute Gasteiger partial charge is 0.277 e. The number of carbonyl (C=O) groups excluding carboxylic acids is 1. The van der Waals surface area contributed by atoms with Gasteiger partial charge < -0.3 is 0 Å². The molecule has 0 aliphatic carbocycles. The first-order chi connectivity index (χ1) is 13.6. The van der Waals surface area contributed by atoms with Crippen LogP contribution in [0.2, 0.25) is 10.0 Å². The Bertz CT molecular complexity index is 1080. The highest BCUT2D eigenvalue weighted by atomic mass is 35.5. The van der Waals surface area contributed by atoms with Gasteiger partial charge in [-0.2, -0.15) is 0 Å². The van der Waals surface area contributed by atoms with Crippen LogP contribution in [0.4, 0.5) is 5.13 Å². The molecular weight excluding hydrogens is 415 g/mol. The first-order valence-electron chi connectivity index (χ1n) is 8.21. The predicted octanol–water partition coefficient (Wildman–Crippen LogP) is 5.83. The zero-order valence-corrected chi connectivity index (χ0v) is 16.6. The van der Waals surface area contributed by atoms with Crippen LogP contribution in [-0.4, -0.2) is 20.9 Å². The van der Waals surface area contributed by atoms with Gasteiger partial charge in [-0.05, 0) is 12.1 Å². The molecule has 2 aromatic carbocycles. The second-order valence-electron chi connectivity index (χ2n) is 5.70. The third kappa shape index (κ3) is 3.75. The lowest BCUT2D eigenvalue weighted by molar-refractivity contribution is 0.102. The molecule has 138 valence electrons. The summed E-state index contributed by atoms with van der Waals surface area (Å²) in [6.07, 6.45) is 4.36. The lowest BCUT2D eigenvalue weighted by Gasteiger charge is -2.06. The van der Waals surface area contributed by atoms with E-state index >= 15 is 0 Å². The van der Waals surface area contributed by atoms with Crippen molar-refractivity contribution in [1.82, 2.24) is 15.0 Å². The summed E-state index contributed by atoms with van der Waals surface area (Å²) < 4.78 is 0. The van der Waals surface area contributed by atoms with Crippen molar-refractivity contribution in [3.05, 3.63) is 82.9 Å². The van der Waals surface area contributed by atoms with Gasteiger partial charge in [-0.25, -0.2) is 9.97 Å². The first kappa shape index (κ1) is 18.6. The molecule has 0 fully saturated rings. The Morgan fingerprint density at radius 3 is 2.25 bits per heavy atom. The molecule has 4 aromatic rings. The molecule has 2 aromatic heterocycles. The van der Waals surface area contributed by atoms with E-state index in [0.717, 1.165) is 16.0 Å². The highest BCUT2D eigenvalue weighted by molar-refractivity contribution is 7.19. The van der Waals surface area contributed by atoms with Crippen molar-refractivity contribution in [3.63, 3.8) is 0 Å². The van der Waals surface area contributed by atoms with Crippen LogP contribution in [0.25, 0.3) is 21.7 Å². The molecule has 0 aliphatic rings. The number of amides is 1. The number of rotatable bonds is 4. The molecule has 0 spiro atoms. The molecule has 0 unspecified atom stereocenters. The molecule has 0 saturated carbocycles. The summed E-state index contributed by atoms with van der Waals surface area (Å²) in [7, 11) is 0. The van der Waals surface area contributed by atoms with Gasteiger partial charge in [0, 0.05) is 28.5 Å². The van der Waals surface area contributed by atoms with Crippen LogP contribution >= 0.6 is 34.5 Å². The molecule has 0 saturated heterocycles. The van der Waals surface area contributed by atoms with E-state index in [0.29, 0.717) is 20.9 Å². The number of aromatic nitrogens is 3. The van der Waals surface area contributed by atoms with Gasteiger partial charge in [0.2, 0.25) is 0 Å². The van der Waals surface area contributed by atoms with Crippen LogP contribution < -0.4 is 5.32 Å². The van der Waals surface area contributed by atoms with Crippen LogP contribution in [0.5, 0.6) is 0 Å². The zero-order valence-electron chi connectivity index (χ0n) is 14.3. The molecule has 0 aliphatic heterocycles. The number of carbonyl (C=O) groups is 1. The lowest BCUT2D eigenvalue weighted by atomic mass is 10.1. The van der Waals surface area contributed by atoms with E-state index < -0.39 is 5.91 Å².